The number of carbonyl (C=O) groups excluding carboxylic acids is 2. The number of rotatable bonds is 5. The molecule has 0 aliphatic carbocycles. The highest BCUT2D eigenvalue weighted by Crippen LogP contribution is 2.19. The monoisotopic (exact) mass is 380 g/mol. The van der Waals surface area contributed by atoms with E-state index in [1.54, 1.807) is 11.1 Å². The lowest BCUT2D eigenvalue weighted by Gasteiger charge is -2.37. The van der Waals surface area contributed by atoms with Crippen LogP contribution in [0.25, 0.3) is 0 Å². The van der Waals surface area contributed by atoms with Gasteiger partial charge in [-0.15, -0.1) is 0 Å². The summed E-state index contributed by atoms with van der Waals surface area (Å²) in [6, 6.07) is -0.202. The molecule has 2 aliphatic heterocycles. The van der Waals surface area contributed by atoms with E-state index in [0.717, 1.165) is 43.3 Å². The second kappa shape index (κ2) is 8.90. The quantitative estimate of drug-likeness (QED) is 0.773. The molecule has 144 valence electrons. The molecule has 7 nitrogen and oxygen atoms in total. The van der Waals surface area contributed by atoms with E-state index in [2.05, 4.69) is 12.0 Å². The number of carbonyl (C=O) groups is 2. The van der Waals surface area contributed by atoms with Crippen LogP contribution in [0.15, 0.2) is 6.20 Å². The summed E-state index contributed by atoms with van der Waals surface area (Å²) in [6.45, 7) is 7.87. The second-order valence-electron chi connectivity index (χ2n) is 6.79. The summed E-state index contributed by atoms with van der Waals surface area (Å²) >= 11 is 1.88. The molecule has 1 aromatic rings. The van der Waals surface area contributed by atoms with E-state index >= 15 is 0 Å². The minimum atomic E-state index is -0.202. The molecule has 0 N–H and O–H groups in total. The van der Waals surface area contributed by atoms with Gasteiger partial charge in [-0.2, -0.15) is 16.9 Å². The first kappa shape index (κ1) is 19.2. The van der Waals surface area contributed by atoms with Gasteiger partial charge in [-0.05, 0) is 13.3 Å². The van der Waals surface area contributed by atoms with Gasteiger partial charge in [0.1, 0.15) is 0 Å². The molecular weight excluding hydrogens is 352 g/mol. The van der Waals surface area contributed by atoms with Crippen molar-refractivity contribution in [2.45, 2.75) is 39.3 Å². The van der Waals surface area contributed by atoms with E-state index in [4.69, 9.17) is 4.74 Å². The Kier molecular flexibility index (Phi) is 6.58. The van der Waals surface area contributed by atoms with Gasteiger partial charge in [0.2, 0.25) is 5.91 Å². The predicted octanol–water partition coefficient (Wildman–Crippen LogP) is 1.41. The molecule has 2 saturated heterocycles. The standard InChI is InChI=1S/C18H28N4O3S/c1-3-4-22-14(2)16(12-19-22)18(24)21-5-8-25-13-15(21)11-17(23)20-6-9-26-10-7-20/h12,15H,3-11,13H2,1-2H3/t15-/m1/s1. The Morgan fingerprint density at radius 2 is 2.08 bits per heavy atom. The summed E-state index contributed by atoms with van der Waals surface area (Å²) in [7, 11) is 0. The summed E-state index contributed by atoms with van der Waals surface area (Å²) in [6.07, 6.45) is 2.96. The van der Waals surface area contributed by atoms with Gasteiger partial charge in [-0.3, -0.25) is 14.3 Å². The van der Waals surface area contributed by atoms with Crippen LogP contribution >= 0.6 is 11.8 Å². The molecule has 0 bridgehead atoms. The van der Waals surface area contributed by atoms with Crippen LogP contribution in [0.1, 0.15) is 35.8 Å². The number of nitrogens with zero attached hydrogens (tertiary/aromatic N) is 4. The molecule has 2 fully saturated rings. The fourth-order valence-electron chi connectivity index (χ4n) is 3.48. The van der Waals surface area contributed by atoms with Crippen molar-refractivity contribution in [1.82, 2.24) is 19.6 Å². The molecule has 0 spiro atoms. The van der Waals surface area contributed by atoms with Crippen molar-refractivity contribution in [2.75, 3.05) is 44.4 Å². The zero-order chi connectivity index (χ0) is 18.5. The maximum absolute atomic E-state index is 13.1. The topological polar surface area (TPSA) is 67.7 Å². The summed E-state index contributed by atoms with van der Waals surface area (Å²) in [5, 5.41) is 4.34. The minimum absolute atomic E-state index is 0.0415. The number of amides is 2. The highest BCUT2D eigenvalue weighted by Gasteiger charge is 2.32. The Morgan fingerprint density at radius 1 is 1.31 bits per heavy atom. The van der Waals surface area contributed by atoms with E-state index in [-0.39, 0.29) is 17.9 Å². The highest BCUT2D eigenvalue weighted by atomic mass is 32.2. The van der Waals surface area contributed by atoms with Crippen molar-refractivity contribution in [1.29, 1.82) is 0 Å². The third-order valence-electron chi connectivity index (χ3n) is 5.03. The van der Waals surface area contributed by atoms with Crippen molar-refractivity contribution in [2.24, 2.45) is 0 Å². The molecule has 0 saturated carbocycles. The number of aromatic nitrogens is 2. The summed E-state index contributed by atoms with van der Waals surface area (Å²) in [5.41, 5.74) is 1.52. The van der Waals surface area contributed by atoms with Gasteiger partial charge in [0.05, 0.1) is 31.0 Å². The number of ether oxygens (including phenoxy) is 1. The molecule has 3 rings (SSSR count). The largest absolute Gasteiger partial charge is 0.377 e. The van der Waals surface area contributed by atoms with Gasteiger partial charge in [0.15, 0.2) is 0 Å². The van der Waals surface area contributed by atoms with E-state index in [1.165, 1.54) is 0 Å². The number of morpholine rings is 1. The highest BCUT2D eigenvalue weighted by molar-refractivity contribution is 7.99. The fraction of sp³-hybridized carbons (Fsp3) is 0.722. The van der Waals surface area contributed by atoms with Gasteiger partial charge in [-0.25, -0.2) is 0 Å². The van der Waals surface area contributed by atoms with Crippen molar-refractivity contribution in [3.05, 3.63) is 17.5 Å². The molecule has 26 heavy (non-hydrogen) atoms. The van der Waals surface area contributed by atoms with Crippen molar-refractivity contribution >= 4 is 23.6 Å². The normalized spacial score (nSPS) is 21.1. The lowest BCUT2D eigenvalue weighted by molar-refractivity contribution is -0.133. The number of thioether (sulfide) groups is 1. The van der Waals surface area contributed by atoms with Gasteiger partial charge in [-0.1, -0.05) is 6.92 Å². The van der Waals surface area contributed by atoms with Crippen LogP contribution in [-0.4, -0.2) is 81.8 Å². The van der Waals surface area contributed by atoms with Crippen LogP contribution in [0.5, 0.6) is 0 Å². The molecule has 3 heterocycles. The molecule has 0 unspecified atom stereocenters. The molecule has 8 heteroatoms. The smallest absolute Gasteiger partial charge is 0.257 e. The molecular formula is C18H28N4O3S. The van der Waals surface area contributed by atoms with E-state index in [9.17, 15) is 9.59 Å². The Hall–Kier alpha value is -1.54. The molecule has 0 aromatic carbocycles. The van der Waals surface area contributed by atoms with Gasteiger partial charge in [0.25, 0.3) is 5.91 Å². The van der Waals surface area contributed by atoms with Crippen molar-refractivity contribution in [3.63, 3.8) is 0 Å². The first-order valence-electron chi connectivity index (χ1n) is 9.38. The summed E-state index contributed by atoms with van der Waals surface area (Å²) in [4.78, 5) is 29.4. The third kappa shape index (κ3) is 4.23. The van der Waals surface area contributed by atoms with Gasteiger partial charge < -0.3 is 14.5 Å². The Labute approximate surface area is 159 Å². The van der Waals surface area contributed by atoms with Gasteiger partial charge >= 0.3 is 0 Å². The predicted molar refractivity (Wildman–Crippen MR) is 101 cm³/mol. The number of hydrogen-bond acceptors (Lipinski definition) is 5. The Balaban J connectivity index is 1.69. The van der Waals surface area contributed by atoms with Crippen LogP contribution in [0.4, 0.5) is 0 Å². The zero-order valence-corrected chi connectivity index (χ0v) is 16.5. The molecule has 2 amide bonds. The fourth-order valence-corrected chi connectivity index (χ4v) is 4.39. The number of hydrogen-bond donors (Lipinski definition) is 0. The first-order chi connectivity index (χ1) is 12.6. The lowest BCUT2D eigenvalue weighted by atomic mass is 10.1. The third-order valence-corrected chi connectivity index (χ3v) is 5.97. The molecule has 2 aliphatic rings. The van der Waals surface area contributed by atoms with Gasteiger partial charge in [0, 0.05) is 49.8 Å². The maximum Gasteiger partial charge on any atom is 0.257 e. The van der Waals surface area contributed by atoms with Crippen LogP contribution in [-0.2, 0) is 16.1 Å². The van der Waals surface area contributed by atoms with Crippen LogP contribution in [0.2, 0.25) is 0 Å². The van der Waals surface area contributed by atoms with Crippen LogP contribution in [0.3, 0.4) is 0 Å². The number of aryl methyl sites for hydroxylation is 1. The average molecular weight is 381 g/mol. The second-order valence-corrected chi connectivity index (χ2v) is 8.02. The van der Waals surface area contributed by atoms with E-state index < -0.39 is 0 Å². The van der Waals surface area contributed by atoms with Crippen molar-refractivity contribution < 1.29 is 14.3 Å². The van der Waals surface area contributed by atoms with E-state index in [1.807, 2.05) is 28.3 Å². The average Bonchev–Trinajstić information content (AvgIpc) is 3.03. The van der Waals surface area contributed by atoms with Crippen LogP contribution in [0, 0.1) is 6.92 Å². The van der Waals surface area contributed by atoms with E-state index in [0.29, 0.717) is 31.7 Å². The van der Waals surface area contributed by atoms with Crippen molar-refractivity contribution in [3.8, 4) is 0 Å². The summed E-state index contributed by atoms with van der Waals surface area (Å²) in [5.74, 6) is 2.06. The minimum Gasteiger partial charge on any atom is -0.377 e. The zero-order valence-electron chi connectivity index (χ0n) is 15.6. The maximum atomic E-state index is 13.1. The Bertz CT molecular complexity index is 642. The molecule has 1 aromatic heterocycles. The Morgan fingerprint density at radius 3 is 2.81 bits per heavy atom. The van der Waals surface area contributed by atoms with Crippen LogP contribution < -0.4 is 0 Å². The summed E-state index contributed by atoms with van der Waals surface area (Å²) < 4.78 is 7.45. The molecule has 1 atom stereocenters. The molecule has 0 radical (unpaired) electrons. The first-order valence-corrected chi connectivity index (χ1v) is 10.5. The SMILES string of the molecule is CCCn1ncc(C(=O)N2CCOC[C@H]2CC(=O)N2CCSCC2)c1C. The lowest BCUT2D eigenvalue weighted by Crippen LogP contribution is -2.51.